The Morgan fingerprint density at radius 3 is 2.29 bits per heavy atom. The number of hydrogen-bond donors (Lipinski definition) is 1. The van der Waals surface area contributed by atoms with Gasteiger partial charge in [-0.05, 0) is 42.5 Å². The zero-order chi connectivity index (χ0) is 17.9. The highest BCUT2D eigenvalue weighted by molar-refractivity contribution is 9.10. The molecule has 0 radical (unpaired) electrons. The summed E-state index contributed by atoms with van der Waals surface area (Å²) in [6.45, 7) is 3.65. The number of nitrogens with zero attached hydrogens (tertiary/aromatic N) is 1. The van der Waals surface area contributed by atoms with Gasteiger partial charge in [0.1, 0.15) is 0 Å². The van der Waals surface area contributed by atoms with Gasteiger partial charge >= 0.3 is 0 Å². The number of carbonyl (C=O) groups is 2. The maximum absolute atomic E-state index is 12.6. The summed E-state index contributed by atoms with van der Waals surface area (Å²) in [5.41, 5.74) is 1.80. The number of hydrogen-bond acceptors (Lipinski definition) is 2. The quantitative estimate of drug-likeness (QED) is 0.775. The highest BCUT2D eigenvalue weighted by atomic mass is 79.9. The molecule has 0 saturated carbocycles. The van der Waals surface area contributed by atoms with E-state index < -0.39 is 0 Å². The van der Waals surface area contributed by atoms with Gasteiger partial charge in [-0.2, -0.15) is 0 Å². The van der Waals surface area contributed by atoms with Gasteiger partial charge in [-0.3, -0.25) is 9.59 Å². The Morgan fingerprint density at radius 2 is 1.75 bits per heavy atom. The molecule has 0 aromatic heterocycles. The molecule has 1 N–H and O–H groups in total. The lowest BCUT2D eigenvalue weighted by Gasteiger charge is -2.19. The van der Waals surface area contributed by atoms with E-state index in [1.807, 2.05) is 19.9 Å². The maximum atomic E-state index is 12.6. The van der Waals surface area contributed by atoms with Gasteiger partial charge in [0.25, 0.3) is 5.91 Å². The van der Waals surface area contributed by atoms with E-state index in [1.165, 1.54) is 4.90 Å². The van der Waals surface area contributed by atoms with E-state index in [2.05, 4.69) is 21.2 Å². The minimum Gasteiger partial charge on any atom is -0.326 e. The van der Waals surface area contributed by atoms with Crippen LogP contribution < -0.4 is 10.2 Å². The van der Waals surface area contributed by atoms with Crippen LogP contribution in [0.15, 0.2) is 46.9 Å². The van der Waals surface area contributed by atoms with Crippen molar-refractivity contribution in [2.45, 2.75) is 13.8 Å². The molecule has 0 aliphatic rings. The van der Waals surface area contributed by atoms with Crippen molar-refractivity contribution >= 4 is 50.7 Å². The SMILES string of the molecule is CC(C)C(=O)Nc1ccc(C(=O)N(C)c2ccc(Br)cc2Cl)cc1. The fourth-order valence-electron chi connectivity index (χ4n) is 2.04. The van der Waals surface area contributed by atoms with Crippen molar-refractivity contribution in [3.8, 4) is 0 Å². The van der Waals surface area contributed by atoms with Gasteiger partial charge in [0.05, 0.1) is 10.7 Å². The molecule has 0 aliphatic carbocycles. The van der Waals surface area contributed by atoms with Gasteiger partial charge < -0.3 is 10.2 Å². The first kappa shape index (κ1) is 18.5. The van der Waals surface area contributed by atoms with Crippen molar-refractivity contribution in [2.24, 2.45) is 5.92 Å². The summed E-state index contributed by atoms with van der Waals surface area (Å²) in [6.07, 6.45) is 0. The second kappa shape index (κ2) is 7.81. The summed E-state index contributed by atoms with van der Waals surface area (Å²) in [7, 11) is 1.67. The van der Waals surface area contributed by atoms with E-state index in [4.69, 9.17) is 11.6 Å². The number of carbonyl (C=O) groups excluding carboxylic acids is 2. The van der Waals surface area contributed by atoms with Gasteiger partial charge in [-0.1, -0.05) is 41.4 Å². The minimum atomic E-state index is -0.180. The number of halogens is 2. The van der Waals surface area contributed by atoms with Crippen molar-refractivity contribution in [3.05, 3.63) is 57.5 Å². The van der Waals surface area contributed by atoms with Crippen molar-refractivity contribution in [2.75, 3.05) is 17.3 Å². The lowest BCUT2D eigenvalue weighted by molar-refractivity contribution is -0.118. The van der Waals surface area contributed by atoms with Gasteiger partial charge in [0.15, 0.2) is 0 Å². The second-order valence-electron chi connectivity index (χ2n) is 5.68. The minimum absolute atomic E-state index is 0.0622. The van der Waals surface area contributed by atoms with Crippen LogP contribution in [0.5, 0.6) is 0 Å². The molecule has 0 heterocycles. The average Bonchev–Trinajstić information content (AvgIpc) is 2.54. The molecule has 24 heavy (non-hydrogen) atoms. The van der Waals surface area contributed by atoms with Gasteiger partial charge in [0, 0.05) is 28.7 Å². The number of benzene rings is 2. The van der Waals surface area contributed by atoms with Crippen LogP contribution in [0.2, 0.25) is 5.02 Å². The second-order valence-corrected chi connectivity index (χ2v) is 7.00. The van der Waals surface area contributed by atoms with Crippen molar-refractivity contribution in [1.29, 1.82) is 0 Å². The fourth-order valence-corrected chi connectivity index (χ4v) is 2.84. The molecule has 0 aliphatic heterocycles. The first-order valence-corrected chi connectivity index (χ1v) is 8.60. The number of rotatable bonds is 4. The summed E-state index contributed by atoms with van der Waals surface area (Å²) < 4.78 is 0.849. The fraction of sp³-hybridized carbons (Fsp3) is 0.222. The third kappa shape index (κ3) is 4.36. The molecule has 0 unspecified atom stereocenters. The highest BCUT2D eigenvalue weighted by Crippen LogP contribution is 2.29. The summed E-state index contributed by atoms with van der Waals surface area (Å²) >= 11 is 9.54. The van der Waals surface area contributed by atoms with Crippen LogP contribution in [-0.2, 0) is 4.79 Å². The Kier molecular flexibility index (Phi) is 6.02. The molecule has 4 nitrogen and oxygen atoms in total. The third-order valence-electron chi connectivity index (χ3n) is 3.50. The molecule has 0 fully saturated rings. The lowest BCUT2D eigenvalue weighted by atomic mass is 10.1. The Labute approximate surface area is 154 Å². The largest absolute Gasteiger partial charge is 0.326 e. The van der Waals surface area contributed by atoms with Crippen LogP contribution in [0.25, 0.3) is 0 Å². The van der Waals surface area contributed by atoms with E-state index in [-0.39, 0.29) is 17.7 Å². The maximum Gasteiger partial charge on any atom is 0.258 e. The molecule has 0 spiro atoms. The Hall–Kier alpha value is -1.85. The van der Waals surface area contributed by atoms with Crippen molar-refractivity contribution in [3.63, 3.8) is 0 Å². The predicted molar refractivity (Wildman–Crippen MR) is 102 cm³/mol. The van der Waals surface area contributed by atoms with Gasteiger partial charge in [-0.25, -0.2) is 0 Å². The molecule has 2 amide bonds. The van der Waals surface area contributed by atoms with Crippen molar-refractivity contribution < 1.29 is 9.59 Å². The topological polar surface area (TPSA) is 49.4 Å². The predicted octanol–water partition coefficient (Wildman–Crippen LogP) is 4.97. The highest BCUT2D eigenvalue weighted by Gasteiger charge is 2.16. The van der Waals surface area contributed by atoms with Gasteiger partial charge in [-0.15, -0.1) is 0 Å². The smallest absolute Gasteiger partial charge is 0.258 e. The van der Waals surface area contributed by atoms with E-state index in [0.717, 1.165) is 4.47 Å². The molecule has 2 aromatic rings. The van der Waals surface area contributed by atoms with Gasteiger partial charge in [0.2, 0.25) is 5.91 Å². The first-order chi connectivity index (χ1) is 11.3. The monoisotopic (exact) mass is 408 g/mol. The van der Waals surface area contributed by atoms with Crippen LogP contribution in [0, 0.1) is 5.92 Å². The molecule has 2 aromatic carbocycles. The summed E-state index contributed by atoms with van der Waals surface area (Å²) in [6, 6.07) is 12.1. The molecule has 126 valence electrons. The molecule has 0 atom stereocenters. The number of amides is 2. The van der Waals surface area contributed by atoms with Crippen molar-refractivity contribution in [1.82, 2.24) is 0 Å². The summed E-state index contributed by atoms with van der Waals surface area (Å²) in [5.74, 6) is -0.342. The van der Waals surface area contributed by atoms with E-state index in [1.54, 1.807) is 43.4 Å². The lowest BCUT2D eigenvalue weighted by Crippen LogP contribution is -2.26. The average molecular weight is 410 g/mol. The van der Waals surface area contributed by atoms with Crippen LogP contribution in [0.1, 0.15) is 24.2 Å². The number of anilines is 2. The molecular weight excluding hydrogens is 392 g/mol. The van der Waals surface area contributed by atoms with E-state index >= 15 is 0 Å². The zero-order valence-electron chi connectivity index (χ0n) is 13.6. The summed E-state index contributed by atoms with van der Waals surface area (Å²) in [4.78, 5) is 25.8. The van der Waals surface area contributed by atoms with Crippen LogP contribution in [0.4, 0.5) is 11.4 Å². The molecule has 6 heteroatoms. The summed E-state index contributed by atoms with van der Waals surface area (Å²) in [5, 5.41) is 3.28. The normalized spacial score (nSPS) is 10.6. The molecule has 2 rings (SSSR count). The standard InChI is InChI=1S/C18H18BrClN2O2/c1-11(2)17(23)21-14-7-4-12(5-8-14)18(24)22(3)16-9-6-13(19)10-15(16)20/h4-11H,1-3H3,(H,21,23). The molecule has 0 bridgehead atoms. The Balaban J connectivity index is 2.16. The van der Waals surface area contributed by atoms with Crippen LogP contribution in [0.3, 0.4) is 0 Å². The van der Waals surface area contributed by atoms with E-state index in [9.17, 15) is 9.59 Å². The van der Waals surface area contributed by atoms with Crippen LogP contribution in [-0.4, -0.2) is 18.9 Å². The Bertz CT molecular complexity index is 760. The molecular formula is C18H18BrClN2O2. The number of nitrogens with one attached hydrogen (secondary N) is 1. The zero-order valence-corrected chi connectivity index (χ0v) is 16.0. The molecule has 0 saturated heterocycles. The van der Waals surface area contributed by atoms with Crippen LogP contribution >= 0.6 is 27.5 Å². The third-order valence-corrected chi connectivity index (χ3v) is 4.30. The van der Waals surface area contributed by atoms with E-state index in [0.29, 0.717) is 22.0 Å². The first-order valence-electron chi connectivity index (χ1n) is 7.43. The Morgan fingerprint density at radius 1 is 1.12 bits per heavy atom.